The number of nitrogens with zero attached hydrogens (tertiary/aromatic N) is 1. The van der Waals surface area contributed by atoms with Crippen molar-refractivity contribution >= 4 is 15.7 Å². The molecule has 2 N–H and O–H groups in total. The van der Waals surface area contributed by atoms with Gasteiger partial charge < -0.3 is 10.5 Å². The number of carbonyl (C=O) groups excluding carboxylic acids is 1. The highest BCUT2D eigenvalue weighted by molar-refractivity contribution is 7.90. The van der Waals surface area contributed by atoms with Crippen LogP contribution in [-0.4, -0.2) is 32.2 Å². The minimum Gasteiger partial charge on any atom is -0.493 e. The second-order valence-electron chi connectivity index (χ2n) is 5.85. The first-order valence-electron chi connectivity index (χ1n) is 7.95. The molecule has 0 aliphatic rings. The Bertz CT molecular complexity index is 790. The fourth-order valence-corrected chi connectivity index (χ4v) is 3.71. The summed E-state index contributed by atoms with van der Waals surface area (Å²) in [5, 5.41) is -0.745. The number of hydrogen-bond donors (Lipinski definition) is 1. The molecule has 0 radical (unpaired) electrons. The van der Waals surface area contributed by atoms with Gasteiger partial charge in [-0.05, 0) is 41.8 Å². The molecular formula is C18H22N2O4S. The predicted octanol–water partition coefficient (Wildman–Crippen LogP) is 2.05. The van der Waals surface area contributed by atoms with Crippen LogP contribution in [0, 0.1) is 0 Å². The zero-order valence-electron chi connectivity index (χ0n) is 14.1. The number of hydrogen-bond acceptors (Lipinski definition) is 5. The van der Waals surface area contributed by atoms with Crippen LogP contribution in [0.4, 0.5) is 0 Å². The molecule has 134 valence electrons. The number of ether oxygens (including phenoxy) is 1. The van der Waals surface area contributed by atoms with Crippen LogP contribution in [-0.2, 0) is 21.1 Å². The van der Waals surface area contributed by atoms with Gasteiger partial charge in [-0.3, -0.25) is 9.78 Å². The first kappa shape index (κ1) is 18.9. The third-order valence-corrected chi connectivity index (χ3v) is 5.37. The molecule has 2 aromatic rings. The molecule has 2 rings (SSSR count). The molecule has 0 saturated carbocycles. The molecule has 0 saturated heterocycles. The van der Waals surface area contributed by atoms with Crippen LogP contribution in [0.3, 0.4) is 0 Å². The summed E-state index contributed by atoms with van der Waals surface area (Å²) in [6.45, 7) is 0.514. The number of carbonyl (C=O) groups is 1. The van der Waals surface area contributed by atoms with Gasteiger partial charge in [-0.2, -0.15) is 0 Å². The summed E-state index contributed by atoms with van der Waals surface area (Å²) in [5.41, 5.74) is 6.90. The van der Waals surface area contributed by atoms with E-state index in [1.165, 1.54) is 0 Å². The van der Waals surface area contributed by atoms with Crippen molar-refractivity contribution in [1.82, 2.24) is 4.98 Å². The normalized spacial score (nSPS) is 12.5. The van der Waals surface area contributed by atoms with Crippen molar-refractivity contribution in [1.29, 1.82) is 0 Å². The Morgan fingerprint density at radius 3 is 2.36 bits per heavy atom. The molecule has 0 bridgehead atoms. The molecule has 0 aliphatic carbocycles. The molecule has 0 fully saturated rings. The zero-order valence-corrected chi connectivity index (χ0v) is 14.9. The molecule has 6 nitrogen and oxygen atoms in total. The van der Waals surface area contributed by atoms with Crippen molar-refractivity contribution in [2.45, 2.75) is 24.5 Å². The molecule has 1 heterocycles. The Balaban J connectivity index is 1.98. The lowest BCUT2D eigenvalue weighted by Gasteiger charge is -2.15. The van der Waals surface area contributed by atoms with E-state index >= 15 is 0 Å². The van der Waals surface area contributed by atoms with E-state index in [1.54, 1.807) is 36.7 Å². The third-order valence-electron chi connectivity index (χ3n) is 3.83. The molecule has 7 heteroatoms. The maximum absolute atomic E-state index is 12.0. The number of amides is 1. The van der Waals surface area contributed by atoms with E-state index < -0.39 is 21.0 Å². The third kappa shape index (κ3) is 6.19. The summed E-state index contributed by atoms with van der Waals surface area (Å²) in [4.78, 5) is 14.9. The summed E-state index contributed by atoms with van der Waals surface area (Å²) < 4.78 is 29.6. The molecule has 1 amide bonds. The zero-order chi connectivity index (χ0) is 18.3. The number of benzene rings is 1. The number of pyridine rings is 1. The SMILES string of the molecule is CS(=O)(=O)C(CCC(N)=O)c1ccc(OCCc2ccncc2)cc1. The summed E-state index contributed by atoms with van der Waals surface area (Å²) >= 11 is 0. The van der Waals surface area contributed by atoms with Crippen LogP contribution in [0.5, 0.6) is 5.75 Å². The molecule has 1 aromatic carbocycles. The van der Waals surface area contributed by atoms with Crippen molar-refractivity contribution in [3.8, 4) is 5.75 Å². The fraction of sp³-hybridized carbons (Fsp3) is 0.333. The Hall–Kier alpha value is -2.41. The van der Waals surface area contributed by atoms with Gasteiger partial charge in [0, 0.05) is 31.5 Å². The largest absolute Gasteiger partial charge is 0.493 e. The van der Waals surface area contributed by atoms with Crippen molar-refractivity contribution in [2.24, 2.45) is 5.73 Å². The summed E-state index contributed by atoms with van der Waals surface area (Å²) in [6.07, 6.45) is 5.61. The van der Waals surface area contributed by atoms with E-state index in [-0.39, 0.29) is 12.8 Å². The number of nitrogens with two attached hydrogens (primary N) is 1. The van der Waals surface area contributed by atoms with Gasteiger partial charge in [0.25, 0.3) is 0 Å². The van der Waals surface area contributed by atoms with Crippen LogP contribution in [0.1, 0.15) is 29.2 Å². The van der Waals surface area contributed by atoms with Crippen LogP contribution < -0.4 is 10.5 Å². The smallest absolute Gasteiger partial charge is 0.217 e. The maximum atomic E-state index is 12.0. The van der Waals surface area contributed by atoms with Crippen molar-refractivity contribution in [3.63, 3.8) is 0 Å². The van der Waals surface area contributed by atoms with Gasteiger partial charge in [-0.15, -0.1) is 0 Å². The number of rotatable bonds is 9. The van der Waals surface area contributed by atoms with Crippen molar-refractivity contribution < 1.29 is 17.9 Å². The molecule has 25 heavy (non-hydrogen) atoms. The van der Waals surface area contributed by atoms with Gasteiger partial charge in [0.15, 0.2) is 9.84 Å². The topological polar surface area (TPSA) is 99.3 Å². The molecule has 0 spiro atoms. The Morgan fingerprint density at radius 2 is 1.80 bits per heavy atom. The predicted molar refractivity (Wildman–Crippen MR) is 95.9 cm³/mol. The first-order valence-corrected chi connectivity index (χ1v) is 9.90. The van der Waals surface area contributed by atoms with E-state index in [9.17, 15) is 13.2 Å². The van der Waals surface area contributed by atoms with Gasteiger partial charge in [0.2, 0.25) is 5.91 Å². The first-order chi connectivity index (χ1) is 11.9. The lowest BCUT2D eigenvalue weighted by atomic mass is 10.1. The van der Waals surface area contributed by atoms with Crippen molar-refractivity contribution in [3.05, 3.63) is 59.9 Å². The van der Waals surface area contributed by atoms with Gasteiger partial charge in [0.05, 0.1) is 11.9 Å². The van der Waals surface area contributed by atoms with Gasteiger partial charge in [0.1, 0.15) is 5.75 Å². The monoisotopic (exact) mass is 362 g/mol. The van der Waals surface area contributed by atoms with Crippen LogP contribution in [0.15, 0.2) is 48.8 Å². The Morgan fingerprint density at radius 1 is 1.16 bits per heavy atom. The Kier molecular flexibility index (Phi) is 6.52. The minimum absolute atomic E-state index is 0.0297. The van der Waals surface area contributed by atoms with Crippen LogP contribution in [0.2, 0.25) is 0 Å². The number of sulfone groups is 1. The van der Waals surface area contributed by atoms with E-state index in [4.69, 9.17) is 10.5 Å². The lowest BCUT2D eigenvalue weighted by molar-refractivity contribution is -0.118. The fourth-order valence-electron chi connectivity index (χ4n) is 2.52. The van der Waals surface area contributed by atoms with Gasteiger partial charge >= 0.3 is 0 Å². The quantitative estimate of drug-likeness (QED) is 0.736. The van der Waals surface area contributed by atoms with E-state index in [1.807, 2.05) is 12.1 Å². The summed E-state index contributed by atoms with van der Waals surface area (Å²) in [5.74, 6) is 0.157. The highest BCUT2D eigenvalue weighted by Crippen LogP contribution is 2.28. The lowest BCUT2D eigenvalue weighted by Crippen LogP contribution is -2.17. The second-order valence-corrected chi connectivity index (χ2v) is 8.07. The molecular weight excluding hydrogens is 340 g/mol. The molecule has 1 aromatic heterocycles. The summed E-state index contributed by atoms with van der Waals surface area (Å²) in [7, 11) is -3.33. The standard InChI is InChI=1S/C18H22N2O4S/c1-25(22,23)17(6-7-18(19)21)15-2-4-16(5-3-15)24-13-10-14-8-11-20-12-9-14/h2-5,8-9,11-12,17H,6-7,10,13H2,1H3,(H2,19,21). The van der Waals surface area contributed by atoms with Crippen LogP contribution in [0.25, 0.3) is 0 Å². The van der Waals surface area contributed by atoms with E-state index in [0.29, 0.717) is 17.9 Å². The Labute approximate surface area is 148 Å². The van der Waals surface area contributed by atoms with Gasteiger partial charge in [-0.1, -0.05) is 12.1 Å². The molecule has 0 aliphatic heterocycles. The van der Waals surface area contributed by atoms with E-state index in [0.717, 1.165) is 18.2 Å². The maximum Gasteiger partial charge on any atom is 0.217 e. The molecule has 1 unspecified atom stereocenters. The highest BCUT2D eigenvalue weighted by Gasteiger charge is 2.23. The average molecular weight is 362 g/mol. The number of aromatic nitrogens is 1. The van der Waals surface area contributed by atoms with Gasteiger partial charge in [-0.25, -0.2) is 8.42 Å². The second kappa shape index (κ2) is 8.62. The van der Waals surface area contributed by atoms with E-state index in [2.05, 4.69) is 4.98 Å². The minimum atomic E-state index is -3.33. The molecule has 1 atom stereocenters. The van der Waals surface area contributed by atoms with Crippen molar-refractivity contribution in [2.75, 3.05) is 12.9 Å². The number of primary amides is 1. The van der Waals surface area contributed by atoms with Crippen LogP contribution >= 0.6 is 0 Å². The highest BCUT2D eigenvalue weighted by atomic mass is 32.2. The summed E-state index contributed by atoms with van der Waals surface area (Å²) in [6, 6.07) is 10.8. The average Bonchev–Trinajstić information content (AvgIpc) is 2.56.